The molecule has 1 aliphatic rings. The van der Waals surface area contributed by atoms with Gasteiger partial charge >= 0.3 is 0 Å². The largest absolute Gasteiger partial charge is 0.381 e. The normalized spacial score (nSPS) is 19.9. The van der Waals surface area contributed by atoms with Gasteiger partial charge < -0.3 is 14.5 Å². The highest BCUT2D eigenvalue weighted by Gasteiger charge is 2.14. The van der Waals surface area contributed by atoms with Crippen molar-refractivity contribution in [3.05, 3.63) is 0 Å². The van der Waals surface area contributed by atoms with Crippen LogP contribution in [0.5, 0.6) is 0 Å². The van der Waals surface area contributed by atoms with Crippen LogP contribution in [0, 0.1) is 5.41 Å². The summed E-state index contributed by atoms with van der Waals surface area (Å²) in [4.78, 5) is 5.04. The quantitative estimate of drug-likeness (QED) is 0.605. The summed E-state index contributed by atoms with van der Waals surface area (Å²) in [6.07, 6.45) is 8.15. The van der Waals surface area contributed by atoms with Crippen LogP contribution in [0.25, 0.3) is 0 Å². The van der Waals surface area contributed by atoms with Gasteiger partial charge in [-0.1, -0.05) is 27.2 Å². The van der Waals surface area contributed by atoms with E-state index in [2.05, 4.69) is 37.6 Å². The molecule has 1 saturated heterocycles. The van der Waals surface area contributed by atoms with Crippen LogP contribution in [0.4, 0.5) is 0 Å². The molecule has 1 fully saturated rings. The maximum absolute atomic E-state index is 5.65. The number of rotatable bonds is 9. The van der Waals surface area contributed by atoms with E-state index in [-0.39, 0.29) is 0 Å². The molecule has 0 spiro atoms. The number of unbranched alkanes of at least 4 members (excludes halogenated alkanes) is 1. The third-order valence-electron chi connectivity index (χ3n) is 4.63. The SMILES string of the molecule is CO[C@H](CCCCN1CCN(C)CC1)CCCC(C)(C)C. The Morgan fingerprint density at radius 1 is 0.952 bits per heavy atom. The third kappa shape index (κ3) is 9.49. The predicted octanol–water partition coefficient (Wildman–Crippen LogP) is 3.64. The molecule has 126 valence electrons. The van der Waals surface area contributed by atoms with Crippen molar-refractivity contribution in [3.8, 4) is 0 Å². The number of likely N-dealkylation sites (N-methyl/N-ethyl adjacent to an activating group) is 1. The van der Waals surface area contributed by atoms with Crippen LogP contribution in [0.1, 0.15) is 59.3 Å². The summed E-state index contributed by atoms with van der Waals surface area (Å²) in [5.74, 6) is 0. The lowest BCUT2D eigenvalue weighted by atomic mass is 9.89. The van der Waals surface area contributed by atoms with E-state index in [0.717, 1.165) is 0 Å². The maximum atomic E-state index is 5.65. The van der Waals surface area contributed by atoms with Crippen LogP contribution < -0.4 is 0 Å². The fraction of sp³-hybridized carbons (Fsp3) is 1.00. The van der Waals surface area contributed by atoms with Crippen LogP contribution in [0.2, 0.25) is 0 Å². The molecule has 0 radical (unpaired) electrons. The fourth-order valence-corrected chi connectivity index (χ4v) is 3.02. The molecule has 0 N–H and O–H groups in total. The van der Waals surface area contributed by atoms with E-state index in [1.807, 2.05) is 7.11 Å². The monoisotopic (exact) mass is 298 g/mol. The molecule has 21 heavy (non-hydrogen) atoms. The molecule has 0 amide bonds. The molecule has 1 aliphatic heterocycles. The van der Waals surface area contributed by atoms with Gasteiger partial charge in [-0.05, 0) is 51.1 Å². The summed E-state index contributed by atoms with van der Waals surface area (Å²) in [7, 11) is 4.10. The minimum atomic E-state index is 0.458. The predicted molar refractivity (Wildman–Crippen MR) is 91.9 cm³/mol. The van der Waals surface area contributed by atoms with Gasteiger partial charge in [0.25, 0.3) is 0 Å². The second-order valence-corrected chi connectivity index (χ2v) is 7.95. The molecule has 1 atom stereocenters. The first-order valence-electron chi connectivity index (χ1n) is 8.84. The zero-order valence-corrected chi connectivity index (χ0v) is 15.2. The standard InChI is InChI=1S/C18H38N2O/c1-18(2,3)11-8-10-17(21-5)9-6-7-12-20-15-13-19(4)14-16-20/h17H,6-16H2,1-5H3/t17-/m1/s1. The van der Waals surface area contributed by atoms with Crippen LogP contribution in [-0.4, -0.2) is 62.8 Å². The maximum Gasteiger partial charge on any atom is 0.0571 e. The van der Waals surface area contributed by atoms with Crippen LogP contribution in [-0.2, 0) is 4.74 Å². The second-order valence-electron chi connectivity index (χ2n) is 7.95. The van der Waals surface area contributed by atoms with Gasteiger partial charge in [-0.3, -0.25) is 0 Å². The van der Waals surface area contributed by atoms with Gasteiger partial charge in [0.15, 0.2) is 0 Å². The van der Waals surface area contributed by atoms with Crippen LogP contribution in [0.3, 0.4) is 0 Å². The van der Waals surface area contributed by atoms with Crippen molar-refractivity contribution in [1.82, 2.24) is 9.80 Å². The molecule has 0 aromatic heterocycles. The number of nitrogens with zero attached hydrogens (tertiary/aromatic N) is 2. The Bertz CT molecular complexity index is 254. The van der Waals surface area contributed by atoms with Gasteiger partial charge in [-0.15, -0.1) is 0 Å². The van der Waals surface area contributed by atoms with Crippen molar-refractivity contribution in [3.63, 3.8) is 0 Å². The molecular weight excluding hydrogens is 260 g/mol. The molecule has 1 heterocycles. The van der Waals surface area contributed by atoms with Crippen molar-refractivity contribution in [2.24, 2.45) is 5.41 Å². The van der Waals surface area contributed by atoms with E-state index in [0.29, 0.717) is 11.5 Å². The molecule has 0 aromatic carbocycles. The number of ether oxygens (including phenoxy) is 1. The topological polar surface area (TPSA) is 15.7 Å². The zero-order chi connectivity index (χ0) is 15.7. The minimum Gasteiger partial charge on any atom is -0.381 e. The lowest BCUT2D eigenvalue weighted by molar-refractivity contribution is 0.0792. The van der Waals surface area contributed by atoms with Crippen molar-refractivity contribution in [2.75, 3.05) is 46.9 Å². The van der Waals surface area contributed by atoms with Gasteiger partial charge in [0.2, 0.25) is 0 Å². The molecule has 0 aliphatic carbocycles. The lowest BCUT2D eigenvalue weighted by Gasteiger charge is -2.32. The Labute approximate surface area is 133 Å². The number of methoxy groups -OCH3 is 1. The molecular formula is C18H38N2O. The van der Waals surface area contributed by atoms with Gasteiger partial charge in [0.1, 0.15) is 0 Å². The van der Waals surface area contributed by atoms with Crippen molar-refractivity contribution in [2.45, 2.75) is 65.4 Å². The lowest BCUT2D eigenvalue weighted by Crippen LogP contribution is -2.44. The van der Waals surface area contributed by atoms with Gasteiger partial charge in [0.05, 0.1) is 6.10 Å². The van der Waals surface area contributed by atoms with Crippen LogP contribution >= 0.6 is 0 Å². The van der Waals surface area contributed by atoms with Crippen LogP contribution in [0.15, 0.2) is 0 Å². The van der Waals surface area contributed by atoms with Gasteiger partial charge in [-0.25, -0.2) is 0 Å². The molecule has 3 nitrogen and oxygen atoms in total. The summed E-state index contributed by atoms with van der Waals surface area (Å²) < 4.78 is 5.65. The summed E-state index contributed by atoms with van der Waals surface area (Å²) >= 11 is 0. The molecule has 0 unspecified atom stereocenters. The van der Waals surface area contributed by atoms with Crippen molar-refractivity contribution in [1.29, 1.82) is 0 Å². The summed E-state index contributed by atoms with van der Waals surface area (Å²) in [5, 5.41) is 0. The summed E-state index contributed by atoms with van der Waals surface area (Å²) in [6.45, 7) is 13.2. The highest BCUT2D eigenvalue weighted by Crippen LogP contribution is 2.23. The smallest absolute Gasteiger partial charge is 0.0571 e. The number of hydrogen-bond donors (Lipinski definition) is 0. The van der Waals surface area contributed by atoms with E-state index in [4.69, 9.17) is 4.74 Å². The minimum absolute atomic E-state index is 0.458. The average molecular weight is 299 g/mol. The van der Waals surface area contributed by atoms with E-state index in [9.17, 15) is 0 Å². The Hall–Kier alpha value is -0.120. The second kappa shape index (κ2) is 9.81. The van der Waals surface area contributed by atoms with Gasteiger partial charge in [0, 0.05) is 33.3 Å². The molecule has 0 aromatic rings. The Kier molecular flexibility index (Phi) is 8.84. The summed E-state index contributed by atoms with van der Waals surface area (Å²) in [6, 6.07) is 0. The Balaban J connectivity index is 2.04. The fourth-order valence-electron chi connectivity index (χ4n) is 3.02. The van der Waals surface area contributed by atoms with Gasteiger partial charge in [-0.2, -0.15) is 0 Å². The zero-order valence-electron chi connectivity index (χ0n) is 15.2. The molecule has 3 heteroatoms. The first kappa shape index (κ1) is 18.9. The first-order valence-corrected chi connectivity index (χ1v) is 8.84. The van der Waals surface area contributed by atoms with E-state index in [1.54, 1.807) is 0 Å². The van der Waals surface area contributed by atoms with Crippen molar-refractivity contribution < 1.29 is 4.74 Å². The van der Waals surface area contributed by atoms with E-state index < -0.39 is 0 Å². The highest BCUT2D eigenvalue weighted by molar-refractivity contribution is 4.70. The molecule has 0 saturated carbocycles. The number of piperazine rings is 1. The number of hydrogen-bond acceptors (Lipinski definition) is 3. The Morgan fingerprint density at radius 2 is 1.57 bits per heavy atom. The van der Waals surface area contributed by atoms with Crippen molar-refractivity contribution >= 4 is 0 Å². The highest BCUT2D eigenvalue weighted by atomic mass is 16.5. The average Bonchev–Trinajstić information content (AvgIpc) is 2.42. The van der Waals surface area contributed by atoms with E-state index >= 15 is 0 Å². The summed E-state index contributed by atoms with van der Waals surface area (Å²) in [5.41, 5.74) is 0.458. The third-order valence-corrected chi connectivity index (χ3v) is 4.63. The molecule has 0 bridgehead atoms. The first-order chi connectivity index (χ1) is 9.90. The van der Waals surface area contributed by atoms with E-state index in [1.165, 1.54) is 71.2 Å². The molecule has 1 rings (SSSR count). The Morgan fingerprint density at radius 3 is 2.14 bits per heavy atom.